The molecule has 0 radical (unpaired) electrons. The lowest BCUT2D eigenvalue weighted by Crippen LogP contribution is -2.52. The van der Waals surface area contributed by atoms with Gasteiger partial charge in [-0.3, -0.25) is 0 Å². The summed E-state index contributed by atoms with van der Waals surface area (Å²) >= 11 is 0. The Kier molecular flexibility index (Phi) is 15.0. The highest BCUT2D eigenvalue weighted by Crippen LogP contribution is 2.41. The maximum absolute atomic E-state index is 7.04. The number of unbranched alkanes of at least 4 members (excludes halogenated alkanes) is 1. The zero-order chi connectivity index (χ0) is 39.2. The highest BCUT2D eigenvalue weighted by Gasteiger charge is 2.43. The van der Waals surface area contributed by atoms with Crippen molar-refractivity contribution in [3.8, 4) is 17.2 Å². The maximum atomic E-state index is 7.04. The van der Waals surface area contributed by atoms with Crippen molar-refractivity contribution in [1.82, 2.24) is 0 Å². The third-order valence-corrected chi connectivity index (χ3v) is 10.8. The van der Waals surface area contributed by atoms with Gasteiger partial charge in [-0.2, -0.15) is 0 Å². The van der Waals surface area contributed by atoms with Gasteiger partial charge in [-0.05, 0) is 88.9 Å². The second-order valence-corrected chi connectivity index (χ2v) is 14.3. The molecule has 0 spiro atoms. The fourth-order valence-electron chi connectivity index (χ4n) is 7.29. The Morgan fingerprint density at radius 3 is 1.54 bits per heavy atom. The van der Waals surface area contributed by atoms with Crippen LogP contribution in [0.15, 0.2) is 133 Å². The predicted molar refractivity (Wildman–Crippen MR) is 218 cm³/mol. The Labute approximate surface area is 332 Å². The van der Waals surface area contributed by atoms with Gasteiger partial charge in [0.05, 0.1) is 47.3 Å². The van der Waals surface area contributed by atoms with Gasteiger partial charge >= 0.3 is 0 Å². The number of benzene rings is 5. The molecule has 1 saturated heterocycles. The van der Waals surface area contributed by atoms with Crippen LogP contribution in [0, 0.1) is 11.8 Å². The molecule has 8 heteroatoms. The van der Waals surface area contributed by atoms with Crippen LogP contribution in [-0.2, 0) is 42.5 Å². The molecular formula is C48H56O8. The first-order valence-corrected chi connectivity index (χ1v) is 19.6. The molecule has 0 amide bonds. The SMILES string of the molecule is COc1ccc(COCC2O[C@@H](OCCCCOC(c3ccccc3)(c3ccccc3)c3ccc(OC)cc3)C(OCc3ccc(OC)cc3)[C@@H](C)[C@@H]2C)cc1. The van der Waals surface area contributed by atoms with Crippen LogP contribution in [0.3, 0.4) is 0 Å². The monoisotopic (exact) mass is 760 g/mol. The van der Waals surface area contributed by atoms with E-state index >= 15 is 0 Å². The van der Waals surface area contributed by atoms with Gasteiger partial charge in [0.1, 0.15) is 29.0 Å². The smallest absolute Gasteiger partial charge is 0.184 e. The van der Waals surface area contributed by atoms with E-state index in [-0.39, 0.29) is 24.0 Å². The Morgan fingerprint density at radius 2 is 1.00 bits per heavy atom. The molecule has 1 aliphatic rings. The Bertz CT molecular complexity index is 1810. The summed E-state index contributed by atoms with van der Waals surface area (Å²) in [6, 6.07) is 44.9. The molecule has 0 aliphatic carbocycles. The van der Waals surface area contributed by atoms with Crippen LogP contribution in [0.2, 0.25) is 0 Å². The lowest BCUT2D eigenvalue weighted by atomic mass is 9.80. The molecule has 5 atom stereocenters. The van der Waals surface area contributed by atoms with Gasteiger partial charge in [0.15, 0.2) is 6.29 Å². The van der Waals surface area contributed by atoms with Crippen molar-refractivity contribution < 1.29 is 37.9 Å². The van der Waals surface area contributed by atoms with Gasteiger partial charge in [0.25, 0.3) is 0 Å². The van der Waals surface area contributed by atoms with Crippen LogP contribution >= 0.6 is 0 Å². The summed E-state index contributed by atoms with van der Waals surface area (Å²) < 4.78 is 49.2. The number of rotatable bonds is 20. The first kappa shape index (κ1) is 40.9. The zero-order valence-corrected chi connectivity index (χ0v) is 33.3. The summed E-state index contributed by atoms with van der Waals surface area (Å²) in [6.07, 6.45) is 0.583. The summed E-state index contributed by atoms with van der Waals surface area (Å²) in [5.74, 6) is 2.77. The lowest BCUT2D eigenvalue weighted by Gasteiger charge is -2.44. The predicted octanol–water partition coefficient (Wildman–Crippen LogP) is 9.62. The van der Waals surface area contributed by atoms with Crippen LogP contribution in [0.4, 0.5) is 0 Å². The van der Waals surface area contributed by atoms with E-state index in [9.17, 15) is 0 Å². The fourth-order valence-corrected chi connectivity index (χ4v) is 7.29. The summed E-state index contributed by atoms with van der Waals surface area (Å²) in [7, 11) is 5.02. The molecule has 56 heavy (non-hydrogen) atoms. The minimum atomic E-state index is -0.812. The molecule has 6 rings (SSSR count). The fraction of sp³-hybridized carbons (Fsp3) is 0.375. The van der Waals surface area contributed by atoms with Crippen LogP contribution < -0.4 is 14.2 Å². The number of hydrogen-bond donors (Lipinski definition) is 0. The van der Waals surface area contributed by atoms with Crippen molar-refractivity contribution in [1.29, 1.82) is 0 Å². The molecule has 0 saturated carbocycles. The van der Waals surface area contributed by atoms with Gasteiger partial charge in [0.2, 0.25) is 0 Å². The second-order valence-electron chi connectivity index (χ2n) is 14.3. The van der Waals surface area contributed by atoms with Gasteiger partial charge in [-0.25, -0.2) is 0 Å². The van der Waals surface area contributed by atoms with Crippen LogP contribution in [-0.4, -0.2) is 59.6 Å². The van der Waals surface area contributed by atoms with Crippen LogP contribution in [0.5, 0.6) is 17.2 Å². The third-order valence-electron chi connectivity index (χ3n) is 10.8. The summed E-state index contributed by atoms with van der Waals surface area (Å²) in [6.45, 7) is 6.80. The molecule has 1 fully saturated rings. The average Bonchev–Trinajstić information content (AvgIpc) is 3.26. The molecule has 2 unspecified atom stereocenters. The Balaban J connectivity index is 1.12. The van der Waals surface area contributed by atoms with Crippen molar-refractivity contribution in [2.24, 2.45) is 11.8 Å². The zero-order valence-electron chi connectivity index (χ0n) is 33.3. The molecule has 8 nitrogen and oxygen atoms in total. The van der Waals surface area contributed by atoms with E-state index < -0.39 is 11.9 Å². The standard InChI is InChI=1S/C48H56O8/c1-35-36(2)46(54-33-38-20-26-43(50-4)27-21-38)47(56-45(35)34-52-32-37-18-24-42(49-3)25-19-37)53-30-12-13-31-55-48(39-14-8-6-9-15-39,40-16-10-7-11-17-40)41-22-28-44(51-5)29-23-41/h6-11,14-29,35-36,45-47H,12-13,30-34H2,1-5H3/t35-,36-,45?,46?,47+/m0/s1. The number of methoxy groups -OCH3 is 3. The first-order chi connectivity index (χ1) is 27.4. The molecule has 296 valence electrons. The van der Waals surface area contributed by atoms with Crippen LogP contribution in [0.1, 0.15) is 54.5 Å². The van der Waals surface area contributed by atoms with E-state index in [0.717, 1.165) is 57.9 Å². The third kappa shape index (κ3) is 10.2. The van der Waals surface area contributed by atoms with Crippen molar-refractivity contribution in [3.05, 3.63) is 161 Å². The van der Waals surface area contributed by atoms with E-state index in [1.54, 1.807) is 21.3 Å². The molecule has 1 aliphatic heterocycles. The molecule has 5 aromatic carbocycles. The molecule has 0 N–H and O–H groups in total. The largest absolute Gasteiger partial charge is 0.497 e. The quantitative estimate of drug-likeness (QED) is 0.0574. The van der Waals surface area contributed by atoms with Crippen molar-refractivity contribution in [2.75, 3.05) is 41.2 Å². The van der Waals surface area contributed by atoms with E-state index in [2.05, 4.69) is 74.5 Å². The van der Waals surface area contributed by atoms with Gasteiger partial charge in [-0.1, -0.05) is 111 Å². The van der Waals surface area contributed by atoms with Crippen molar-refractivity contribution >= 4 is 0 Å². The van der Waals surface area contributed by atoms with E-state index in [4.69, 9.17) is 37.9 Å². The van der Waals surface area contributed by atoms with Gasteiger partial charge in [-0.15, -0.1) is 0 Å². The average molecular weight is 761 g/mol. The molecule has 1 heterocycles. The van der Waals surface area contributed by atoms with Gasteiger partial charge in [0, 0.05) is 13.2 Å². The summed E-state index contributed by atoms with van der Waals surface area (Å²) in [5, 5.41) is 0. The van der Waals surface area contributed by atoms with E-state index in [1.807, 2.05) is 72.8 Å². The summed E-state index contributed by atoms with van der Waals surface area (Å²) in [5.41, 5.74) is 4.47. The van der Waals surface area contributed by atoms with Crippen LogP contribution in [0.25, 0.3) is 0 Å². The normalized spacial score (nSPS) is 19.7. The minimum Gasteiger partial charge on any atom is -0.497 e. The Morgan fingerprint density at radius 1 is 0.518 bits per heavy atom. The topological polar surface area (TPSA) is 73.8 Å². The minimum absolute atomic E-state index is 0.153. The Hall–Kier alpha value is -4.70. The number of ether oxygens (including phenoxy) is 8. The highest BCUT2D eigenvalue weighted by molar-refractivity contribution is 5.48. The molecule has 0 bridgehead atoms. The lowest BCUT2D eigenvalue weighted by molar-refractivity contribution is -0.289. The van der Waals surface area contributed by atoms with Crippen molar-refractivity contribution in [2.45, 2.75) is 64.0 Å². The summed E-state index contributed by atoms with van der Waals surface area (Å²) in [4.78, 5) is 0. The van der Waals surface area contributed by atoms with E-state index in [1.165, 1.54) is 0 Å². The highest BCUT2D eigenvalue weighted by atomic mass is 16.7. The van der Waals surface area contributed by atoms with Gasteiger partial charge < -0.3 is 37.9 Å². The molecule has 0 aromatic heterocycles. The molecule has 5 aromatic rings. The molecular weight excluding hydrogens is 705 g/mol. The van der Waals surface area contributed by atoms with E-state index in [0.29, 0.717) is 33.0 Å². The maximum Gasteiger partial charge on any atom is 0.184 e. The number of hydrogen-bond acceptors (Lipinski definition) is 8. The second kappa shape index (κ2) is 20.5. The van der Waals surface area contributed by atoms with Crippen molar-refractivity contribution in [3.63, 3.8) is 0 Å². The first-order valence-electron chi connectivity index (χ1n) is 19.6.